The maximum atomic E-state index is 11.4. The van der Waals surface area contributed by atoms with Crippen molar-refractivity contribution in [2.75, 3.05) is 12.4 Å². The first-order valence-electron chi connectivity index (χ1n) is 5.72. The van der Waals surface area contributed by atoms with Crippen molar-refractivity contribution < 1.29 is 4.79 Å². The minimum atomic E-state index is -0.0752. The molecule has 0 aliphatic rings. The van der Waals surface area contributed by atoms with E-state index < -0.39 is 0 Å². The van der Waals surface area contributed by atoms with E-state index in [0.717, 1.165) is 11.3 Å². The summed E-state index contributed by atoms with van der Waals surface area (Å²) in [4.78, 5) is 11.4. The number of aryl methyl sites for hydroxylation is 1. The molecule has 2 rings (SSSR count). The predicted octanol–water partition coefficient (Wildman–Crippen LogP) is 1.39. The molecular formula is C13H16N4O. The Bertz CT molecular complexity index is 530. The third-order valence-corrected chi connectivity index (χ3v) is 2.63. The second kappa shape index (κ2) is 5.35. The van der Waals surface area contributed by atoms with Gasteiger partial charge in [-0.05, 0) is 24.3 Å². The van der Waals surface area contributed by atoms with Gasteiger partial charge in [0.2, 0.25) is 0 Å². The van der Waals surface area contributed by atoms with Crippen LogP contribution in [0.4, 0.5) is 5.69 Å². The number of anilines is 1. The number of benzene rings is 1. The molecule has 0 radical (unpaired) electrons. The monoisotopic (exact) mass is 244 g/mol. The van der Waals surface area contributed by atoms with Gasteiger partial charge in [0.25, 0.3) is 5.91 Å². The maximum Gasteiger partial charge on any atom is 0.251 e. The third kappa shape index (κ3) is 2.88. The molecule has 0 fully saturated rings. The Hall–Kier alpha value is -2.30. The van der Waals surface area contributed by atoms with Crippen LogP contribution in [-0.2, 0) is 13.6 Å². The summed E-state index contributed by atoms with van der Waals surface area (Å²) in [5.41, 5.74) is 2.75. The average molecular weight is 244 g/mol. The normalized spacial score (nSPS) is 10.1. The molecule has 18 heavy (non-hydrogen) atoms. The summed E-state index contributed by atoms with van der Waals surface area (Å²) in [6.07, 6.45) is 3.79. The van der Waals surface area contributed by atoms with Gasteiger partial charge in [0.1, 0.15) is 0 Å². The first-order valence-corrected chi connectivity index (χ1v) is 5.72. The summed E-state index contributed by atoms with van der Waals surface area (Å²) in [7, 11) is 3.51. The van der Waals surface area contributed by atoms with Gasteiger partial charge < -0.3 is 10.6 Å². The van der Waals surface area contributed by atoms with Gasteiger partial charge in [0.15, 0.2) is 0 Å². The minimum Gasteiger partial charge on any atom is -0.381 e. The van der Waals surface area contributed by atoms with Crippen molar-refractivity contribution in [3.8, 4) is 0 Å². The molecule has 2 N–H and O–H groups in total. The molecule has 0 aliphatic heterocycles. The fourth-order valence-corrected chi connectivity index (χ4v) is 1.65. The number of hydrogen-bond donors (Lipinski definition) is 2. The van der Waals surface area contributed by atoms with E-state index in [0.29, 0.717) is 12.1 Å². The molecule has 5 nitrogen and oxygen atoms in total. The highest BCUT2D eigenvalue weighted by Crippen LogP contribution is 2.11. The molecule has 1 heterocycles. The lowest BCUT2D eigenvalue weighted by Crippen LogP contribution is -2.17. The molecule has 1 amide bonds. The molecule has 0 unspecified atom stereocenters. The van der Waals surface area contributed by atoms with Crippen molar-refractivity contribution in [3.05, 3.63) is 47.8 Å². The van der Waals surface area contributed by atoms with E-state index in [4.69, 9.17) is 0 Å². The van der Waals surface area contributed by atoms with E-state index >= 15 is 0 Å². The Morgan fingerprint density at radius 3 is 2.61 bits per heavy atom. The van der Waals surface area contributed by atoms with Crippen LogP contribution in [0.1, 0.15) is 15.9 Å². The predicted molar refractivity (Wildman–Crippen MR) is 70.4 cm³/mol. The van der Waals surface area contributed by atoms with Gasteiger partial charge in [0, 0.05) is 43.7 Å². The first-order chi connectivity index (χ1) is 8.69. The smallest absolute Gasteiger partial charge is 0.251 e. The molecule has 0 bridgehead atoms. The van der Waals surface area contributed by atoms with Crippen LogP contribution in [0.15, 0.2) is 36.7 Å². The standard InChI is InChI=1S/C13H16N4O/c1-14-13(18)11-3-5-12(6-4-11)15-7-10-8-16-17(2)9-10/h3-6,8-9,15H,7H2,1-2H3,(H,14,18). The fraction of sp³-hybridized carbons (Fsp3) is 0.231. The van der Waals surface area contributed by atoms with Crippen LogP contribution in [0.3, 0.4) is 0 Å². The number of nitrogens with one attached hydrogen (secondary N) is 2. The molecule has 1 aromatic heterocycles. The van der Waals surface area contributed by atoms with Gasteiger partial charge >= 0.3 is 0 Å². The lowest BCUT2D eigenvalue weighted by atomic mass is 10.2. The molecule has 0 saturated heterocycles. The topological polar surface area (TPSA) is 59.0 Å². The number of aromatic nitrogens is 2. The lowest BCUT2D eigenvalue weighted by molar-refractivity contribution is 0.0963. The van der Waals surface area contributed by atoms with Gasteiger partial charge in [0.05, 0.1) is 6.20 Å². The van der Waals surface area contributed by atoms with Crippen LogP contribution < -0.4 is 10.6 Å². The van der Waals surface area contributed by atoms with Crippen LogP contribution >= 0.6 is 0 Å². The van der Waals surface area contributed by atoms with Gasteiger partial charge in [-0.15, -0.1) is 0 Å². The zero-order valence-electron chi connectivity index (χ0n) is 10.5. The summed E-state index contributed by atoms with van der Waals surface area (Å²) in [6, 6.07) is 7.37. The first kappa shape index (κ1) is 12.2. The summed E-state index contributed by atoms with van der Waals surface area (Å²) < 4.78 is 1.77. The van der Waals surface area contributed by atoms with E-state index in [1.807, 2.05) is 31.6 Å². The lowest BCUT2D eigenvalue weighted by Gasteiger charge is -2.05. The van der Waals surface area contributed by atoms with Crippen molar-refractivity contribution in [1.82, 2.24) is 15.1 Å². The van der Waals surface area contributed by atoms with E-state index in [2.05, 4.69) is 15.7 Å². The molecule has 0 atom stereocenters. The molecule has 1 aromatic carbocycles. The number of hydrogen-bond acceptors (Lipinski definition) is 3. The summed E-state index contributed by atoms with van der Waals surface area (Å²) >= 11 is 0. The SMILES string of the molecule is CNC(=O)c1ccc(NCc2cnn(C)c2)cc1. The number of carbonyl (C=O) groups excluding carboxylic acids is 1. The number of nitrogens with zero attached hydrogens (tertiary/aromatic N) is 2. The van der Waals surface area contributed by atoms with Crippen LogP contribution in [0.2, 0.25) is 0 Å². The number of rotatable bonds is 4. The summed E-state index contributed by atoms with van der Waals surface area (Å²) in [5, 5.41) is 9.97. The quantitative estimate of drug-likeness (QED) is 0.854. The Morgan fingerprint density at radius 2 is 2.06 bits per heavy atom. The average Bonchev–Trinajstić information content (AvgIpc) is 2.82. The fourth-order valence-electron chi connectivity index (χ4n) is 1.65. The Labute approximate surface area is 106 Å². The van der Waals surface area contributed by atoms with Crippen molar-refractivity contribution in [3.63, 3.8) is 0 Å². The zero-order valence-corrected chi connectivity index (χ0v) is 10.5. The third-order valence-electron chi connectivity index (χ3n) is 2.63. The van der Waals surface area contributed by atoms with Crippen LogP contribution in [0.25, 0.3) is 0 Å². The molecule has 0 saturated carbocycles. The van der Waals surface area contributed by atoms with Gasteiger partial charge in [-0.1, -0.05) is 0 Å². The van der Waals surface area contributed by atoms with Gasteiger partial charge in [-0.3, -0.25) is 9.48 Å². The maximum absolute atomic E-state index is 11.4. The highest BCUT2D eigenvalue weighted by molar-refractivity contribution is 5.94. The van der Waals surface area contributed by atoms with Gasteiger partial charge in [-0.25, -0.2) is 0 Å². The largest absolute Gasteiger partial charge is 0.381 e. The van der Waals surface area contributed by atoms with E-state index in [1.165, 1.54) is 0 Å². The van der Waals surface area contributed by atoms with Crippen molar-refractivity contribution in [2.45, 2.75) is 6.54 Å². The van der Waals surface area contributed by atoms with E-state index in [9.17, 15) is 4.79 Å². The second-order valence-corrected chi connectivity index (χ2v) is 4.03. The Kier molecular flexibility index (Phi) is 3.62. The molecule has 0 aliphatic carbocycles. The van der Waals surface area contributed by atoms with E-state index in [1.54, 1.807) is 23.9 Å². The highest BCUT2D eigenvalue weighted by atomic mass is 16.1. The van der Waals surface area contributed by atoms with Crippen molar-refractivity contribution in [1.29, 1.82) is 0 Å². The Balaban J connectivity index is 1.96. The summed E-state index contributed by atoms with van der Waals surface area (Å²) in [6.45, 7) is 0.715. The Morgan fingerprint density at radius 1 is 1.33 bits per heavy atom. The van der Waals surface area contributed by atoms with Crippen LogP contribution in [0, 0.1) is 0 Å². The molecule has 94 valence electrons. The highest BCUT2D eigenvalue weighted by Gasteiger charge is 2.02. The molecule has 5 heteroatoms. The van der Waals surface area contributed by atoms with Crippen molar-refractivity contribution in [2.24, 2.45) is 7.05 Å². The number of amides is 1. The van der Waals surface area contributed by atoms with E-state index in [-0.39, 0.29) is 5.91 Å². The van der Waals surface area contributed by atoms with Crippen LogP contribution in [-0.4, -0.2) is 22.7 Å². The second-order valence-electron chi connectivity index (χ2n) is 4.03. The summed E-state index contributed by atoms with van der Waals surface area (Å²) in [5.74, 6) is -0.0752. The molecule has 0 spiro atoms. The minimum absolute atomic E-state index is 0.0752. The number of carbonyl (C=O) groups is 1. The van der Waals surface area contributed by atoms with Gasteiger partial charge in [-0.2, -0.15) is 5.10 Å². The zero-order chi connectivity index (χ0) is 13.0. The van der Waals surface area contributed by atoms with Crippen molar-refractivity contribution >= 4 is 11.6 Å². The molecule has 2 aromatic rings. The molecular weight excluding hydrogens is 228 g/mol. The van der Waals surface area contributed by atoms with Crippen LogP contribution in [0.5, 0.6) is 0 Å².